The normalized spacial score (nSPS) is 11.8. The van der Waals surface area contributed by atoms with Crippen LogP contribution in [0.25, 0.3) is 90.9 Å². The number of hydrogen-bond donors (Lipinski definition) is 2. The van der Waals surface area contributed by atoms with E-state index in [0.717, 1.165) is 89.4 Å². The molecule has 0 spiro atoms. The molecule has 0 atom stereocenters. The van der Waals surface area contributed by atoms with E-state index in [-0.39, 0.29) is 19.8 Å². The number of rotatable bonds is 4. The first-order valence-electron chi connectivity index (χ1n) is 17.4. The second-order valence-corrected chi connectivity index (χ2v) is 13.5. The number of nitrogens with one attached hydrogen (secondary N) is 2. The van der Waals surface area contributed by atoms with Crippen LogP contribution in [0.1, 0.15) is 22.8 Å². The minimum Gasteiger partial charge on any atom is -0.354 e. The van der Waals surface area contributed by atoms with Gasteiger partial charge in [0.1, 0.15) is 28.2 Å². The monoisotopic (exact) mass is 747 g/mol. The van der Waals surface area contributed by atoms with Gasteiger partial charge in [-0.2, -0.15) is 0 Å². The van der Waals surface area contributed by atoms with E-state index in [1.807, 2.05) is 41.9 Å². The Morgan fingerprint density at radius 3 is 0.906 bits per heavy atom. The molecule has 9 heteroatoms. The van der Waals surface area contributed by atoms with Crippen molar-refractivity contribution < 1.29 is 18.3 Å². The molecule has 0 amide bonds. The molecule has 0 saturated carbocycles. The number of nitrogens with zero attached hydrogens (tertiary/aromatic N) is 6. The quantitative estimate of drug-likeness (QED) is 0.165. The Labute approximate surface area is 320 Å². The Bertz CT molecular complexity index is 2590. The van der Waals surface area contributed by atoms with Crippen molar-refractivity contribution >= 4 is 66.2 Å². The zero-order valence-corrected chi connectivity index (χ0v) is 32.5. The molecule has 2 N–H and O–H groups in total. The Balaban J connectivity index is 0.00000400. The summed E-state index contributed by atoms with van der Waals surface area (Å²) in [6.07, 6.45) is 25.1. The fourth-order valence-electron chi connectivity index (χ4n) is 7.09. The van der Waals surface area contributed by atoms with Crippen LogP contribution < -0.4 is 18.3 Å². The molecule has 250 valence electrons. The first kappa shape index (κ1) is 34.0. The molecular weight excluding hydrogens is 710 g/mol. The predicted molar refractivity (Wildman–Crippen MR) is 211 cm³/mol. The maximum Gasteiger partial charge on any atom is 3.00 e. The predicted octanol–water partition coefficient (Wildman–Crippen LogP) is 6.24. The molecule has 2 aliphatic rings. The molecular formula is C44H38GaN8+7. The molecule has 8 bridgehead atoms. The van der Waals surface area contributed by atoms with Gasteiger partial charge < -0.3 is 9.97 Å². The van der Waals surface area contributed by atoms with Crippen molar-refractivity contribution in [2.75, 3.05) is 0 Å². The molecule has 7 aromatic heterocycles. The molecule has 9 heterocycles. The van der Waals surface area contributed by atoms with Gasteiger partial charge in [0.25, 0.3) is 0 Å². The molecule has 0 aromatic carbocycles. The summed E-state index contributed by atoms with van der Waals surface area (Å²) in [5, 5.41) is 0. The second-order valence-electron chi connectivity index (χ2n) is 13.5. The molecule has 0 fully saturated rings. The van der Waals surface area contributed by atoms with Crippen LogP contribution >= 0.6 is 0 Å². The van der Waals surface area contributed by atoms with E-state index in [1.54, 1.807) is 0 Å². The van der Waals surface area contributed by atoms with Crippen molar-refractivity contribution in [1.82, 2.24) is 19.9 Å². The Morgan fingerprint density at radius 1 is 0.340 bits per heavy atom. The minimum absolute atomic E-state index is 0. The number of hydrogen-bond acceptors (Lipinski definition) is 2. The Morgan fingerprint density at radius 2 is 0.585 bits per heavy atom. The van der Waals surface area contributed by atoms with Crippen LogP contribution in [0.4, 0.5) is 0 Å². The van der Waals surface area contributed by atoms with Gasteiger partial charge in [-0.15, -0.1) is 0 Å². The summed E-state index contributed by atoms with van der Waals surface area (Å²) >= 11 is 0. The van der Waals surface area contributed by atoms with E-state index >= 15 is 0 Å². The van der Waals surface area contributed by atoms with E-state index in [9.17, 15) is 0 Å². The maximum absolute atomic E-state index is 5.38. The summed E-state index contributed by atoms with van der Waals surface area (Å²) in [6, 6.07) is 25.9. The summed E-state index contributed by atoms with van der Waals surface area (Å²) in [7, 11) is 8.14. The smallest absolute Gasteiger partial charge is 0.354 e. The Kier molecular flexibility index (Phi) is 8.81. The van der Waals surface area contributed by atoms with E-state index < -0.39 is 0 Å². The summed E-state index contributed by atoms with van der Waals surface area (Å²) in [5.41, 5.74) is 15.9. The number of aryl methyl sites for hydroxylation is 4. The van der Waals surface area contributed by atoms with Crippen LogP contribution in [-0.2, 0) is 28.2 Å². The third-order valence-corrected chi connectivity index (χ3v) is 9.82. The van der Waals surface area contributed by atoms with Gasteiger partial charge in [-0.25, -0.2) is 28.2 Å². The van der Waals surface area contributed by atoms with Crippen molar-refractivity contribution in [3.63, 3.8) is 0 Å². The maximum atomic E-state index is 5.38. The van der Waals surface area contributed by atoms with E-state index in [0.29, 0.717) is 0 Å². The van der Waals surface area contributed by atoms with Gasteiger partial charge in [0.2, 0.25) is 0 Å². The topological polar surface area (TPSA) is 72.9 Å². The summed E-state index contributed by atoms with van der Waals surface area (Å²) in [6.45, 7) is 0. The molecule has 7 aromatic rings. The standard InChI is InChI=1S/C44H37N8.Ga/c1-49-21-13-29(14-22-49)41-33-5-7-35(45-33)42(30-15-23-50(2)24-16-30)37-9-11-39(47-37)44(32-19-27-52(4)28-20-32)40-12-10-38(48-40)43(36-8-6-34(41)46-36)31-17-25-51(3)26-18-31;/h5-28H,1-4H3,(H,45,46,47,48);/q2*+3/p+1. The summed E-state index contributed by atoms with van der Waals surface area (Å²) < 4.78 is 8.20. The van der Waals surface area contributed by atoms with Crippen LogP contribution in [0, 0.1) is 0 Å². The molecule has 0 unspecified atom stereocenters. The molecule has 8 nitrogen and oxygen atoms in total. The number of H-pyrrole nitrogens is 2. The molecule has 0 saturated heterocycles. The van der Waals surface area contributed by atoms with Crippen molar-refractivity contribution in [3.05, 3.63) is 145 Å². The summed E-state index contributed by atoms with van der Waals surface area (Å²) in [5.74, 6) is 0. The van der Waals surface area contributed by atoms with E-state index in [1.165, 1.54) is 0 Å². The SMILES string of the molecule is C[n+]1ccc(-c2c3nc(c(-c4cc[n+](C)cc4)c4ccc([nH]4)c(-c4cc[n+](C)cc4)c4ccc([nH]4)c(-c4cc[n+](C)cc4)c4nc2C=C4)C=C3)cc1.[Ga+3]. The van der Waals surface area contributed by atoms with E-state index in [2.05, 4.69) is 161 Å². The molecule has 53 heavy (non-hydrogen) atoms. The Hall–Kier alpha value is -6.16. The number of pyridine rings is 4. The number of aromatic amines is 2. The van der Waals surface area contributed by atoms with Crippen molar-refractivity contribution in [2.24, 2.45) is 28.2 Å². The largest absolute Gasteiger partial charge is 3.00 e. The van der Waals surface area contributed by atoms with Crippen molar-refractivity contribution in [2.45, 2.75) is 0 Å². The second kappa shape index (κ2) is 13.8. The third-order valence-electron chi connectivity index (χ3n) is 9.82. The first-order chi connectivity index (χ1) is 25.4. The summed E-state index contributed by atoms with van der Waals surface area (Å²) in [4.78, 5) is 18.4. The van der Waals surface area contributed by atoms with Gasteiger partial charge in [-0.1, -0.05) is 0 Å². The van der Waals surface area contributed by atoms with Gasteiger partial charge in [-0.05, 0) is 70.8 Å². The fourth-order valence-corrected chi connectivity index (χ4v) is 7.09. The van der Waals surface area contributed by atoms with Gasteiger partial charge in [0, 0.05) is 92.9 Å². The molecule has 0 aliphatic carbocycles. The number of aromatic nitrogens is 8. The molecule has 0 radical (unpaired) electrons. The van der Waals surface area contributed by atoms with Crippen LogP contribution in [0.15, 0.2) is 122 Å². The van der Waals surface area contributed by atoms with Gasteiger partial charge in [-0.3, -0.25) is 0 Å². The van der Waals surface area contributed by atoms with Crippen molar-refractivity contribution in [1.29, 1.82) is 0 Å². The number of fused-ring (bicyclic) bond motifs is 8. The van der Waals surface area contributed by atoms with Crippen molar-refractivity contribution in [3.8, 4) is 44.5 Å². The van der Waals surface area contributed by atoms with Crippen LogP contribution in [0.3, 0.4) is 0 Å². The van der Waals surface area contributed by atoms with E-state index in [4.69, 9.17) is 9.97 Å². The zero-order valence-electron chi connectivity index (χ0n) is 30.1. The van der Waals surface area contributed by atoms with Gasteiger partial charge in [0.15, 0.2) is 49.6 Å². The minimum atomic E-state index is 0. The third kappa shape index (κ3) is 6.34. The van der Waals surface area contributed by atoms with Crippen LogP contribution in [0.5, 0.6) is 0 Å². The molecule has 2 aliphatic heterocycles. The van der Waals surface area contributed by atoms with Crippen LogP contribution in [-0.4, -0.2) is 39.7 Å². The molecule has 9 rings (SSSR count). The average molecular weight is 749 g/mol. The van der Waals surface area contributed by atoms with Gasteiger partial charge >= 0.3 is 19.8 Å². The average Bonchev–Trinajstić information content (AvgIpc) is 3.99. The van der Waals surface area contributed by atoms with Gasteiger partial charge in [0.05, 0.1) is 22.8 Å². The zero-order chi connectivity index (χ0) is 35.3. The first-order valence-corrected chi connectivity index (χ1v) is 17.4. The van der Waals surface area contributed by atoms with Crippen LogP contribution in [0.2, 0.25) is 0 Å². The fraction of sp³-hybridized carbons (Fsp3) is 0.0909.